The van der Waals surface area contributed by atoms with Gasteiger partial charge in [-0.1, -0.05) is 11.6 Å². The summed E-state index contributed by atoms with van der Waals surface area (Å²) in [6, 6.07) is 5.72. The highest BCUT2D eigenvalue weighted by molar-refractivity contribution is 7.89. The molecule has 0 aliphatic rings. The van der Waals surface area contributed by atoms with Crippen molar-refractivity contribution in [1.29, 1.82) is 0 Å². The molecule has 3 rings (SSSR count). The SMILES string of the molecule is Cc1n[nH]c(C)c1S(=O)(=O)NCCc1cn(C)c2ccc(Cl)cc12. The molecule has 0 unspecified atom stereocenters. The third-order valence-corrected chi connectivity index (χ3v) is 6.01. The average Bonchev–Trinajstić information content (AvgIpc) is 2.99. The second kappa shape index (κ2) is 6.23. The van der Waals surface area contributed by atoms with Crippen molar-refractivity contribution in [2.45, 2.75) is 25.2 Å². The molecule has 0 spiro atoms. The van der Waals surface area contributed by atoms with E-state index >= 15 is 0 Å². The van der Waals surface area contributed by atoms with Crippen molar-refractivity contribution in [2.75, 3.05) is 6.54 Å². The van der Waals surface area contributed by atoms with E-state index in [0.717, 1.165) is 16.5 Å². The minimum atomic E-state index is -3.58. The van der Waals surface area contributed by atoms with Crippen LogP contribution in [0.1, 0.15) is 17.0 Å². The van der Waals surface area contributed by atoms with Gasteiger partial charge >= 0.3 is 0 Å². The van der Waals surface area contributed by atoms with E-state index < -0.39 is 10.0 Å². The summed E-state index contributed by atoms with van der Waals surface area (Å²) in [6.45, 7) is 3.67. The van der Waals surface area contributed by atoms with E-state index in [1.165, 1.54) is 0 Å². The quantitative estimate of drug-likeness (QED) is 0.728. The number of H-pyrrole nitrogens is 1. The molecule has 6 nitrogen and oxygen atoms in total. The number of rotatable bonds is 5. The molecule has 2 heterocycles. The number of hydrogen-bond donors (Lipinski definition) is 2. The second-order valence-corrected chi connectivity index (χ2v) is 7.98. The maximum absolute atomic E-state index is 12.5. The number of benzene rings is 1. The maximum Gasteiger partial charge on any atom is 0.244 e. The monoisotopic (exact) mass is 366 g/mol. The maximum atomic E-state index is 12.5. The summed E-state index contributed by atoms with van der Waals surface area (Å²) in [5, 5.41) is 8.35. The molecule has 3 aromatic rings. The fourth-order valence-corrected chi connectivity index (χ4v) is 4.54. The van der Waals surface area contributed by atoms with Gasteiger partial charge in [0, 0.05) is 35.7 Å². The Hall–Kier alpha value is -1.83. The lowest BCUT2D eigenvalue weighted by atomic mass is 10.1. The number of hydrogen-bond acceptors (Lipinski definition) is 3. The van der Waals surface area contributed by atoms with Gasteiger partial charge in [0.1, 0.15) is 4.90 Å². The summed E-state index contributed by atoms with van der Waals surface area (Å²) < 4.78 is 29.6. The van der Waals surface area contributed by atoms with E-state index in [0.29, 0.717) is 29.4 Å². The normalized spacial score (nSPS) is 12.2. The van der Waals surface area contributed by atoms with Crippen LogP contribution in [-0.4, -0.2) is 29.7 Å². The van der Waals surface area contributed by atoms with Gasteiger partial charge in [-0.3, -0.25) is 5.10 Å². The van der Waals surface area contributed by atoms with Crippen LogP contribution in [0.4, 0.5) is 0 Å². The summed E-state index contributed by atoms with van der Waals surface area (Å²) in [6.07, 6.45) is 2.58. The van der Waals surface area contributed by atoms with Crippen LogP contribution in [0.25, 0.3) is 10.9 Å². The summed E-state index contributed by atoms with van der Waals surface area (Å²) in [4.78, 5) is 0.225. The van der Waals surface area contributed by atoms with Crippen LogP contribution in [0.2, 0.25) is 5.02 Å². The van der Waals surface area contributed by atoms with Crippen molar-refractivity contribution < 1.29 is 8.42 Å². The number of sulfonamides is 1. The zero-order valence-electron chi connectivity index (χ0n) is 13.7. The lowest BCUT2D eigenvalue weighted by Gasteiger charge is -2.06. The molecule has 0 fully saturated rings. The van der Waals surface area contributed by atoms with E-state index in [2.05, 4.69) is 14.9 Å². The van der Waals surface area contributed by atoms with Gasteiger partial charge in [0.25, 0.3) is 0 Å². The number of aryl methyl sites for hydroxylation is 3. The van der Waals surface area contributed by atoms with Gasteiger partial charge in [0.2, 0.25) is 10.0 Å². The van der Waals surface area contributed by atoms with Crippen LogP contribution < -0.4 is 4.72 Å². The van der Waals surface area contributed by atoms with Crippen LogP contribution >= 0.6 is 11.6 Å². The Morgan fingerprint density at radius 2 is 2.08 bits per heavy atom. The third-order valence-electron chi connectivity index (χ3n) is 4.05. The Balaban J connectivity index is 1.79. The Labute approximate surface area is 145 Å². The highest BCUT2D eigenvalue weighted by Crippen LogP contribution is 2.24. The Morgan fingerprint density at radius 3 is 2.75 bits per heavy atom. The number of aromatic nitrogens is 3. The predicted octanol–water partition coefficient (Wildman–Crippen LogP) is 2.69. The molecule has 1 aromatic carbocycles. The van der Waals surface area contributed by atoms with Crippen LogP contribution in [0.3, 0.4) is 0 Å². The molecule has 0 amide bonds. The Bertz CT molecular complexity index is 985. The first-order chi connectivity index (χ1) is 11.3. The highest BCUT2D eigenvalue weighted by Gasteiger charge is 2.21. The number of nitrogens with zero attached hydrogens (tertiary/aromatic N) is 2. The first-order valence-electron chi connectivity index (χ1n) is 7.54. The van der Waals surface area contributed by atoms with Crippen molar-refractivity contribution in [3.63, 3.8) is 0 Å². The van der Waals surface area contributed by atoms with Gasteiger partial charge in [-0.25, -0.2) is 13.1 Å². The van der Waals surface area contributed by atoms with Crippen LogP contribution in [0, 0.1) is 13.8 Å². The number of halogens is 1. The summed E-state index contributed by atoms with van der Waals surface area (Å²) >= 11 is 6.08. The lowest BCUT2D eigenvalue weighted by molar-refractivity contribution is 0.580. The second-order valence-electron chi connectivity index (χ2n) is 5.84. The van der Waals surface area contributed by atoms with E-state index in [1.54, 1.807) is 13.8 Å². The van der Waals surface area contributed by atoms with Gasteiger partial charge in [0.15, 0.2) is 0 Å². The fourth-order valence-electron chi connectivity index (χ4n) is 2.97. The Kier molecular flexibility index (Phi) is 4.42. The molecule has 128 valence electrons. The average molecular weight is 367 g/mol. The standard InChI is InChI=1S/C16H19ClN4O2S/c1-10-16(11(2)20-19-10)24(22,23)18-7-6-12-9-21(3)15-5-4-13(17)8-14(12)15/h4-5,8-9,18H,6-7H2,1-3H3,(H,19,20). The zero-order chi connectivity index (χ0) is 17.5. The topological polar surface area (TPSA) is 79.8 Å². The predicted molar refractivity (Wildman–Crippen MR) is 94.9 cm³/mol. The Morgan fingerprint density at radius 1 is 1.33 bits per heavy atom. The van der Waals surface area contributed by atoms with Crippen LogP contribution in [0.5, 0.6) is 0 Å². The lowest BCUT2D eigenvalue weighted by Crippen LogP contribution is -2.26. The number of fused-ring (bicyclic) bond motifs is 1. The summed E-state index contributed by atoms with van der Waals surface area (Å²) in [5.74, 6) is 0. The minimum absolute atomic E-state index is 0.225. The highest BCUT2D eigenvalue weighted by atomic mass is 35.5. The number of nitrogens with one attached hydrogen (secondary N) is 2. The molecular formula is C16H19ClN4O2S. The molecule has 24 heavy (non-hydrogen) atoms. The fraction of sp³-hybridized carbons (Fsp3) is 0.312. The van der Waals surface area contributed by atoms with E-state index in [-0.39, 0.29) is 4.90 Å². The van der Waals surface area contributed by atoms with Crippen molar-refractivity contribution in [3.05, 3.63) is 46.4 Å². The molecular weight excluding hydrogens is 348 g/mol. The van der Waals surface area contributed by atoms with Gasteiger partial charge in [-0.2, -0.15) is 5.10 Å². The van der Waals surface area contributed by atoms with Crippen molar-refractivity contribution in [1.82, 2.24) is 19.5 Å². The van der Waals surface area contributed by atoms with Gasteiger partial charge in [-0.15, -0.1) is 0 Å². The largest absolute Gasteiger partial charge is 0.350 e. The number of aromatic amines is 1. The van der Waals surface area contributed by atoms with E-state index in [4.69, 9.17) is 11.6 Å². The molecule has 0 radical (unpaired) electrons. The van der Waals surface area contributed by atoms with Gasteiger partial charge in [-0.05, 0) is 44.0 Å². The van der Waals surface area contributed by atoms with Gasteiger partial charge < -0.3 is 4.57 Å². The third kappa shape index (κ3) is 3.07. The minimum Gasteiger partial charge on any atom is -0.350 e. The zero-order valence-corrected chi connectivity index (χ0v) is 15.3. The molecule has 0 atom stereocenters. The molecule has 2 N–H and O–H groups in total. The smallest absolute Gasteiger partial charge is 0.244 e. The molecule has 8 heteroatoms. The van der Waals surface area contributed by atoms with E-state index in [1.807, 2.05) is 36.0 Å². The summed E-state index contributed by atoms with van der Waals surface area (Å²) in [5.41, 5.74) is 3.13. The van der Waals surface area contributed by atoms with Gasteiger partial charge in [0.05, 0.1) is 11.4 Å². The van der Waals surface area contributed by atoms with Crippen LogP contribution in [-0.2, 0) is 23.5 Å². The van der Waals surface area contributed by atoms with Crippen LogP contribution in [0.15, 0.2) is 29.3 Å². The molecule has 0 bridgehead atoms. The van der Waals surface area contributed by atoms with Crippen molar-refractivity contribution in [2.24, 2.45) is 7.05 Å². The molecule has 0 saturated heterocycles. The van der Waals surface area contributed by atoms with Crippen molar-refractivity contribution >= 4 is 32.5 Å². The molecule has 0 saturated carbocycles. The first-order valence-corrected chi connectivity index (χ1v) is 9.40. The van der Waals surface area contributed by atoms with E-state index in [9.17, 15) is 8.42 Å². The summed E-state index contributed by atoms with van der Waals surface area (Å²) in [7, 11) is -1.62. The molecule has 0 aliphatic carbocycles. The molecule has 0 aliphatic heterocycles. The first kappa shape index (κ1) is 17.0. The van der Waals surface area contributed by atoms with Crippen molar-refractivity contribution in [3.8, 4) is 0 Å². The molecule has 2 aromatic heterocycles.